The molecule has 3 aliphatic carbocycles. The van der Waals surface area contributed by atoms with Crippen molar-refractivity contribution in [3.63, 3.8) is 0 Å². The molecule has 1 heterocycles. The fraction of sp³-hybridized carbons (Fsp3) is 0.812. The third kappa shape index (κ3) is 1.89. The fourth-order valence-electron chi connectivity index (χ4n) is 4.37. The highest BCUT2D eigenvalue weighted by atomic mass is 32.1. The van der Waals surface area contributed by atoms with E-state index in [0.717, 1.165) is 24.3 Å². The topological polar surface area (TPSA) is 24.9 Å². The van der Waals surface area contributed by atoms with E-state index in [-0.39, 0.29) is 5.54 Å². The molecule has 3 saturated carbocycles. The van der Waals surface area contributed by atoms with E-state index in [9.17, 15) is 0 Å². The van der Waals surface area contributed by atoms with Gasteiger partial charge in [0.05, 0.1) is 11.2 Å². The number of nitrogens with one attached hydrogen (secondary N) is 1. The Kier molecular flexibility index (Phi) is 2.79. The van der Waals surface area contributed by atoms with Crippen LogP contribution in [0, 0.1) is 18.8 Å². The quantitative estimate of drug-likeness (QED) is 0.905. The highest BCUT2D eigenvalue weighted by molar-refractivity contribution is 7.11. The molecule has 0 amide bonds. The highest BCUT2D eigenvalue weighted by Crippen LogP contribution is 2.57. The van der Waals surface area contributed by atoms with Crippen LogP contribution < -0.4 is 5.32 Å². The summed E-state index contributed by atoms with van der Waals surface area (Å²) in [6.07, 6.45) is 9.52. The molecule has 19 heavy (non-hydrogen) atoms. The summed E-state index contributed by atoms with van der Waals surface area (Å²) in [7, 11) is 0. The maximum atomic E-state index is 5.04. The van der Waals surface area contributed by atoms with Gasteiger partial charge in [-0.05, 0) is 57.3 Å². The van der Waals surface area contributed by atoms with Gasteiger partial charge in [-0.15, -0.1) is 11.3 Å². The van der Waals surface area contributed by atoms with Crippen LogP contribution in [0.3, 0.4) is 0 Å². The van der Waals surface area contributed by atoms with Crippen molar-refractivity contribution in [3.8, 4) is 0 Å². The minimum Gasteiger partial charge on any atom is -0.302 e. The van der Waals surface area contributed by atoms with Gasteiger partial charge < -0.3 is 5.32 Å². The summed E-state index contributed by atoms with van der Waals surface area (Å²) in [5, 5.41) is 5.44. The van der Waals surface area contributed by atoms with Crippen LogP contribution in [0.1, 0.15) is 61.0 Å². The monoisotopic (exact) mass is 276 g/mol. The number of aryl methyl sites for hydroxylation is 2. The van der Waals surface area contributed by atoms with E-state index < -0.39 is 0 Å². The van der Waals surface area contributed by atoms with Gasteiger partial charge in [-0.1, -0.05) is 13.3 Å². The number of aromatic nitrogens is 1. The molecule has 1 N–H and O–H groups in total. The van der Waals surface area contributed by atoms with E-state index in [4.69, 9.17) is 4.98 Å². The number of rotatable bonds is 4. The minimum atomic E-state index is 0.257. The third-order valence-electron chi connectivity index (χ3n) is 5.50. The Labute approximate surface area is 120 Å². The summed E-state index contributed by atoms with van der Waals surface area (Å²) in [6.45, 7) is 4.48. The lowest BCUT2D eigenvalue weighted by molar-refractivity contribution is 0.206. The number of hydrogen-bond donors (Lipinski definition) is 1. The fourth-order valence-corrected chi connectivity index (χ4v) is 5.61. The Morgan fingerprint density at radius 2 is 2.16 bits per heavy atom. The third-order valence-corrected chi connectivity index (χ3v) is 6.69. The lowest BCUT2D eigenvalue weighted by atomic mass is 9.81. The molecule has 4 rings (SSSR count). The highest BCUT2D eigenvalue weighted by Gasteiger charge is 2.55. The number of nitrogens with zero attached hydrogens (tertiary/aromatic N) is 1. The molecule has 0 spiro atoms. The zero-order valence-electron chi connectivity index (χ0n) is 12.0. The molecule has 0 radical (unpaired) electrons. The summed E-state index contributed by atoms with van der Waals surface area (Å²) in [5.74, 6) is 1.82. The molecule has 1 aromatic rings. The lowest BCUT2D eigenvalue weighted by Crippen LogP contribution is -2.47. The Morgan fingerprint density at radius 3 is 2.68 bits per heavy atom. The summed E-state index contributed by atoms with van der Waals surface area (Å²) < 4.78 is 0. The van der Waals surface area contributed by atoms with Gasteiger partial charge in [0, 0.05) is 10.9 Å². The van der Waals surface area contributed by atoms with Gasteiger partial charge in [0.25, 0.3) is 0 Å². The molecule has 1 aromatic heterocycles. The van der Waals surface area contributed by atoms with Gasteiger partial charge in [0.2, 0.25) is 0 Å². The second kappa shape index (κ2) is 4.29. The van der Waals surface area contributed by atoms with Gasteiger partial charge in [0.15, 0.2) is 0 Å². The van der Waals surface area contributed by atoms with Crippen LogP contribution >= 0.6 is 11.3 Å². The molecule has 0 aromatic carbocycles. The number of hydrogen-bond acceptors (Lipinski definition) is 3. The van der Waals surface area contributed by atoms with Crippen LogP contribution in [-0.4, -0.2) is 11.0 Å². The van der Waals surface area contributed by atoms with E-state index in [1.165, 1.54) is 54.1 Å². The van der Waals surface area contributed by atoms with Crippen LogP contribution in [0.15, 0.2) is 0 Å². The van der Waals surface area contributed by atoms with Crippen molar-refractivity contribution in [2.45, 2.75) is 70.4 Å². The first-order valence-electron chi connectivity index (χ1n) is 7.95. The van der Waals surface area contributed by atoms with Crippen LogP contribution in [0.2, 0.25) is 0 Å². The molecule has 2 nitrogen and oxygen atoms in total. The van der Waals surface area contributed by atoms with Crippen LogP contribution in [-0.2, 0) is 12.0 Å². The molecule has 3 fully saturated rings. The summed E-state index contributed by atoms with van der Waals surface area (Å²) in [4.78, 5) is 6.48. The van der Waals surface area contributed by atoms with Gasteiger partial charge in [-0.2, -0.15) is 0 Å². The molecule has 0 saturated heterocycles. The van der Waals surface area contributed by atoms with Gasteiger partial charge in [-0.3, -0.25) is 0 Å². The van der Waals surface area contributed by atoms with E-state index in [1.54, 1.807) is 0 Å². The first-order chi connectivity index (χ1) is 9.21. The molecule has 3 unspecified atom stereocenters. The number of fused-ring (bicyclic) bond motifs is 2. The van der Waals surface area contributed by atoms with Crippen molar-refractivity contribution in [1.29, 1.82) is 0 Å². The SMILES string of the molecule is CCc1nc(C2(NC3CC3)CC3CCC2C3)sc1C. The molecule has 3 heteroatoms. The Balaban J connectivity index is 1.72. The first-order valence-corrected chi connectivity index (χ1v) is 8.77. The standard InChI is InChI=1S/C16H24N2S/c1-3-14-10(2)19-15(17-14)16(18-13-6-7-13)9-11-4-5-12(16)8-11/h11-13,18H,3-9H2,1-2H3. The van der Waals surface area contributed by atoms with Gasteiger partial charge in [0.1, 0.15) is 5.01 Å². The van der Waals surface area contributed by atoms with E-state index >= 15 is 0 Å². The largest absolute Gasteiger partial charge is 0.302 e. The average Bonchev–Trinajstić information content (AvgIpc) is 2.85. The van der Waals surface area contributed by atoms with E-state index in [0.29, 0.717) is 0 Å². The maximum Gasteiger partial charge on any atom is 0.114 e. The van der Waals surface area contributed by atoms with Gasteiger partial charge >= 0.3 is 0 Å². The molecule has 104 valence electrons. The van der Waals surface area contributed by atoms with Crippen molar-refractivity contribution in [3.05, 3.63) is 15.6 Å². The van der Waals surface area contributed by atoms with Crippen molar-refractivity contribution < 1.29 is 0 Å². The predicted molar refractivity (Wildman–Crippen MR) is 79.5 cm³/mol. The molecule has 3 atom stereocenters. The van der Waals surface area contributed by atoms with E-state index in [2.05, 4.69) is 19.2 Å². The molecule has 2 bridgehead atoms. The average molecular weight is 276 g/mol. The van der Waals surface area contributed by atoms with Gasteiger partial charge in [-0.25, -0.2) is 4.98 Å². The zero-order valence-corrected chi connectivity index (χ0v) is 12.9. The molecule has 3 aliphatic rings. The Hall–Kier alpha value is -0.410. The molecular weight excluding hydrogens is 252 g/mol. The van der Waals surface area contributed by atoms with Crippen molar-refractivity contribution in [1.82, 2.24) is 10.3 Å². The second-order valence-electron chi connectivity index (χ2n) is 6.85. The van der Waals surface area contributed by atoms with Crippen LogP contribution in [0.4, 0.5) is 0 Å². The lowest BCUT2D eigenvalue weighted by Gasteiger charge is -2.37. The van der Waals surface area contributed by atoms with Crippen molar-refractivity contribution in [2.24, 2.45) is 11.8 Å². The Bertz CT molecular complexity index is 491. The maximum absolute atomic E-state index is 5.04. The molecule has 0 aliphatic heterocycles. The predicted octanol–water partition coefficient (Wildman–Crippen LogP) is 3.78. The Morgan fingerprint density at radius 1 is 1.32 bits per heavy atom. The first kappa shape index (κ1) is 12.3. The number of thiazole rings is 1. The van der Waals surface area contributed by atoms with Crippen molar-refractivity contribution >= 4 is 11.3 Å². The smallest absolute Gasteiger partial charge is 0.114 e. The van der Waals surface area contributed by atoms with Crippen LogP contribution in [0.5, 0.6) is 0 Å². The minimum absolute atomic E-state index is 0.257. The van der Waals surface area contributed by atoms with E-state index in [1.807, 2.05) is 11.3 Å². The molecular formula is C16H24N2S. The summed E-state index contributed by atoms with van der Waals surface area (Å²) in [5.41, 5.74) is 1.59. The van der Waals surface area contributed by atoms with Crippen LogP contribution in [0.25, 0.3) is 0 Å². The normalized spacial score (nSPS) is 37.2. The second-order valence-corrected chi connectivity index (χ2v) is 8.05. The van der Waals surface area contributed by atoms with Crippen molar-refractivity contribution in [2.75, 3.05) is 0 Å². The zero-order chi connectivity index (χ0) is 13.0. The summed E-state index contributed by atoms with van der Waals surface area (Å²) >= 11 is 1.97. The summed E-state index contributed by atoms with van der Waals surface area (Å²) in [6, 6.07) is 0.786.